The van der Waals surface area contributed by atoms with Gasteiger partial charge in [-0.3, -0.25) is 0 Å². The molecule has 0 radical (unpaired) electrons. The van der Waals surface area contributed by atoms with Crippen molar-refractivity contribution in [2.75, 3.05) is 13.1 Å². The predicted octanol–water partition coefficient (Wildman–Crippen LogP) is 3.12. The lowest BCUT2D eigenvalue weighted by molar-refractivity contribution is -0.120. The molecule has 0 aromatic heterocycles. The fraction of sp³-hybridized carbons (Fsp3) is 0.917. The molecule has 4 heteroatoms. The van der Waals surface area contributed by atoms with E-state index in [1.54, 1.807) is 5.06 Å². The standard InChI is InChI=1S/C12H23NO3/c1-3-4-5-8-11(2)15-12(14)16-13-9-6-7-10-13/h11H,3-10H2,1-2H3. The van der Waals surface area contributed by atoms with Crippen LogP contribution < -0.4 is 0 Å². The van der Waals surface area contributed by atoms with Gasteiger partial charge in [0, 0.05) is 13.1 Å². The number of hydroxylamine groups is 2. The Kier molecular flexibility index (Phi) is 6.23. The first kappa shape index (κ1) is 13.3. The van der Waals surface area contributed by atoms with Gasteiger partial charge >= 0.3 is 6.16 Å². The van der Waals surface area contributed by atoms with Gasteiger partial charge < -0.3 is 9.57 Å². The predicted molar refractivity (Wildman–Crippen MR) is 62.0 cm³/mol. The Hall–Kier alpha value is -0.770. The lowest BCUT2D eigenvalue weighted by Crippen LogP contribution is -2.26. The minimum Gasteiger partial charge on any atom is -0.430 e. The molecule has 1 aliphatic heterocycles. The largest absolute Gasteiger partial charge is 0.528 e. The van der Waals surface area contributed by atoms with Crippen LogP contribution in [0.2, 0.25) is 0 Å². The summed E-state index contributed by atoms with van der Waals surface area (Å²) in [6, 6.07) is 0. The van der Waals surface area contributed by atoms with Crippen molar-refractivity contribution in [1.29, 1.82) is 0 Å². The average molecular weight is 229 g/mol. The van der Waals surface area contributed by atoms with Crippen molar-refractivity contribution in [2.24, 2.45) is 0 Å². The second kappa shape index (κ2) is 7.49. The Bertz CT molecular complexity index is 202. The monoisotopic (exact) mass is 229 g/mol. The van der Waals surface area contributed by atoms with E-state index in [4.69, 9.17) is 9.57 Å². The molecule has 94 valence electrons. The Balaban J connectivity index is 2.07. The summed E-state index contributed by atoms with van der Waals surface area (Å²) in [6.45, 7) is 5.74. The molecule has 0 saturated carbocycles. The number of hydrogen-bond acceptors (Lipinski definition) is 4. The molecule has 1 heterocycles. The zero-order valence-electron chi connectivity index (χ0n) is 10.4. The molecular formula is C12H23NO3. The summed E-state index contributed by atoms with van der Waals surface area (Å²) < 4.78 is 5.16. The minimum absolute atomic E-state index is 0.0401. The van der Waals surface area contributed by atoms with Gasteiger partial charge in [-0.15, -0.1) is 5.06 Å². The van der Waals surface area contributed by atoms with Gasteiger partial charge in [-0.25, -0.2) is 4.79 Å². The molecule has 0 bridgehead atoms. The first-order chi connectivity index (χ1) is 7.72. The third kappa shape index (κ3) is 5.35. The van der Waals surface area contributed by atoms with Gasteiger partial charge in [0.05, 0.1) is 0 Å². The van der Waals surface area contributed by atoms with Crippen LogP contribution in [-0.2, 0) is 9.57 Å². The Morgan fingerprint density at radius 2 is 2.00 bits per heavy atom. The van der Waals surface area contributed by atoms with Gasteiger partial charge in [0.2, 0.25) is 0 Å². The highest BCUT2D eigenvalue weighted by Gasteiger charge is 2.18. The van der Waals surface area contributed by atoms with Crippen LogP contribution in [0.4, 0.5) is 4.79 Å². The molecule has 1 aliphatic rings. The van der Waals surface area contributed by atoms with E-state index in [0.29, 0.717) is 0 Å². The normalized spacial score (nSPS) is 18.4. The van der Waals surface area contributed by atoms with Gasteiger partial charge in [-0.1, -0.05) is 19.8 Å². The second-order valence-electron chi connectivity index (χ2n) is 4.40. The van der Waals surface area contributed by atoms with Gasteiger partial charge in [0.1, 0.15) is 6.10 Å². The average Bonchev–Trinajstić information content (AvgIpc) is 2.70. The lowest BCUT2D eigenvalue weighted by Gasteiger charge is -2.17. The first-order valence-electron chi connectivity index (χ1n) is 6.36. The Labute approximate surface area is 97.9 Å². The van der Waals surface area contributed by atoms with Crippen LogP contribution in [-0.4, -0.2) is 30.4 Å². The highest BCUT2D eigenvalue weighted by Crippen LogP contribution is 2.11. The van der Waals surface area contributed by atoms with Crippen molar-refractivity contribution in [2.45, 2.75) is 58.5 Å². The van der Waals surface area contributed by atoms with Crippen LogP contribution in [0, 0.1) is 0 Å². The SMILES string of the molecule is CCCCCC(C)OC(=O)ON1CCCC1. The molecule has 1 saturated heterocycles. The molecule has 1 unspecified atom stereocenters. The summed E-state index contributed by atoms with van der Waals surface area (Å²) >= 11 is 0. The van der Waals surface area contributed by atoms with Crippen molar-refractivity contribution >= 4 is 6.16 Å². The number of ether oxygens (including phenoxy) is 1. The van der Waals surface area contributed by atoms with Crippen LogP contribution in [0.5, 0.6) is 0 Å². The van der Waals surface area contributed by atoms with Gasteiger partial charge in [-0.05, 0) is 32.6 Å². The molecule has 16 heavy (non-hydrogen) atoms. The number of hydrogen-bond donors (Lipinski definition) is 0. The molecule has 1 atom stereocenters. The summed E-state index contributed by atoms with van der Waals surface area (Å²) in [5.41, 5.74) is 0. The summed E-state index contributed by atoms with van der Waals surface area (Å²) in [5.74, 6) is 0. The van der Waals surface area contributed by atoms with Gasteiger partial charge in [-0.2, -0.15) is 0 Å². The molecular weight excluding hydrogens is 206 g/mol. The smallest absolute Gasteiger partial charge is 0.430 e. The summed E-state index contributed by atoms with van der Waals surface area (Å²) in [6.07, 6.45) is 6.00. The third-order valence-corrected chi connectivity index (χ3v) is 2.78. The molecule has 4 nitrogen and oxygen atoms in total. The van der Waals surface area contributed by atoms with Crippen LogP contribution in [0.15, 0.2) is 0 Å². The van der Waals surface area contributed by atoms with E-state index in [0.717, 1.165) is 38.8 Å². The van der Waals surface area contributed by atoms with E-state index < -0.39 is 6.16 Å². The summed E-state index contributed by atoms with van der Waals surface area (Å²) in [4.78, 5) is 16.4. The number of rotatable bonds is 6. The molecule has 0 N–H and O–H groups in total. The third-order valence-electron chi connectivity index (χ3n) is 2.78. The molecule has 0 spiro atoms. The van der Waals surface area contributed by atoms with Crippen LogP contribution in [0.25, 0.3) is 0 Å². The van der Waals surface area contributed by atoms with Crippen LogP contribution in [0.1, 0.15) is 52.4 Å². The molecule has 0 aliphatic carbocycles. The quantitative estimate of drug-likeness (QED) is 0.518. The highest BCUT2D eigenvalue weighted by atomic mass is 16.8. The summed E-state index contributed by atoms with van der Waals surface area (Å²) in [5, 5.41) is 1.68. The lowest BCUT2D eigenvalue weighted by atomic mass is 10.1. The van der Waals surface area contributed by atoms with E-state index >= 15 is 0 Å². The maximum atomic E-state index is 11.4. The van der Waals surface area contributed by atoms with Gasteiger partial charge in [0.15, 0.2) is 0 Å². The minimum atomic E-state index is -0.550. The summed E-state index contributed by atoms with van der Waals surface area (Å²) in [7, 11) is 0. The van der Waals surface area contributed by atoms with E-state index in [9.17, 15) is 4.79 Å². The van der Waals surface area contributed by atoms with Crippen molar-refractivity contribution in [3.05, 3.63) is 0 Å². The van der Waals surface area contributed by atoms with Crippen molar-refractivity contribution in [3.63, 3.8) is 0 Å². The number of carbonyl (C=O) groups is 1. The molecule has 0 aromatic carbocycles. The zero-order chi connectivity index (χ0) is 11.8. The van der Waals surface area contributed by atoms with Crippen molar-refractivity contribution < 1.29 is 14.4 Å². The first-order valence-corrected chi connectivity index (χ1v) is 6.36. The number of nitrogens with zero attached hydrogens (tertiary/aromatic N) is 1. The molecule has 1 fully saturated rings. The number of carbonyl (C=O) groups excluding carboxylic acids is 1. The topological polar surface area (TPSA) is 38.8 Å². The zero-order valence-corrected chi connectivity index (χ0v) is 10.4. The van der Waals surface area contributed by atoms with Gasteiger partial charge in [0.25, 0.3) is 0 Å². The van der Waals surface area contributed by atoms with Crippen molar-refractivity contribution in [1.82, 2.24) is 5.06 Å². The van der Waals surface area contributed by atoms with E-state index in [2.05, 4.69) is 6.92 Å². The fourth-order valence-electron chi connectivity index (χ4n) is 1.81. The van der Waals surface area contributed by atoms with Crippen molar-refractivity contribution in [3.8, 4) is 0 Å². The second-order valence-corrected chi connectivity index (χ2v) is 4.40. The molecule has 1 rings (SSSR count). The van der Waals surface area contributed by atoms with Crippen LogP contribution in [0.3, 0.4) is 0 Å². The molecule has 0 amide bonds. The van der Waals surface area contributed by atoms with E-state index in [1.807, 2.05) is 6.92 Å². The van der Waals surface area contributed by atoms with E-state index in [-0.39, 0.29) is 6.10 Å². The maximum absolute atomic E-state index is 11.4. The highest BCUT2D eigenvalue weighted by molar-refractivity contribution is 5.59. The molecule has 0 aromatic rings. The van der Waals surface area contributed by atoms with Crippen LogP contribution >= 0.6 is 0 Å². The Morgan fingerprint density at radius 1 is 1.31 bits per heavy atom. The number of unbranched alkanes of at least 4 members (excludes halogenated alkanes) is 2. The van der Waals surface area contributed by atoms with E-state index in [1.165, 1.54) is 12.8 Å². The fourth-order valence-corrected chi connectivity index (χ4v) is 1.81. The maximum Gasteiger partial charge on any atom is 0.528 e. The Morgan fingerprint density at radius 3 is 2.62 bits per heavy atom.